The summed E-state index contributed by atoms with van der Waals surface area (Å²) in [6.45, 7) is 3.63. The highest BCUT2D eigenvalue weighted by molar-refractivity contribution is 5.68. The third kappa shape index (κ3) is 2.11. The normalized spacial score (nSPS) is 11.7. The second-order valence-electron chi connectivity index (χ2n) is 4.37. The molecule has 84 valence electrons. The molecule has 0 saturated carbocycles. The van der Waals surface area contributed by atoms with E-state index >= 15 is 0 Å². The Morgan fingerprint density at radius 2 is 1.93 bits per heavy atom. The fourth-order valence-electron chi connectivity index (χ4n) is 1.72. The molecule has 0 saturated heterocycles. The summed E-state index contributed by atoms with van der Waals surface area (Å²) >= 11 is 0. The highest BCUT2D eigenvalue weighted by Gasteiger charge is 2.28. The van der Waals surface area contributed by atoms with E-state index in [1.165, 1.54) is 10.7 Å². The Morgan fingerprint density at radius 3 is 2.27 bits per heavy atom. The quantitative estimate of drug-likeness (QED) is 0.792. The van der Waals surface area contributed by atoms with E-state index < -0.39 is 11.4 Å². The zero-order valence-electron chi connectivity index (χ0n) is 9.44. The van der Waals surface area contributed by atoms with Crippen LogP contribution in [0.3, 0.4) is 0 Å². The van der Waals surface area contributed by atoms with Crippen LogP contribution in [0.15, 0.2) is 10.9 Å². The summed E-state index contributed by atoms with van der Waals surface area (Å²) in [7, 11) is 3.41. The highest BCUT2D eigenvalue weighted by atomic mass is 16.4. The summed E-state index contributed by atoms with van der Waals surface area (Å²) in [6.07, 6.45) is 0.00426. The molecule has 0 bridgehead atoms. The van der Waals surface area contributed by atoms with Crippen molar-refractivity contribution in [1.82, 2.24) is 9.36 Å². The van der Waals surface area contributed by atoms with Crippen LogP contribution in [0.5, 0.6) is 0 Å². The monoisotopic (exact) mass is 212 g/mol. The average Bonchev–Trinajstić information content (AvgIpc) is 2.31. The van der Waals surface area contributed by atoms with E-state index in [-0.39, 0.29) is 12.0 Å². The van der Waals surface area contributed by atoms with Gasteiger partial charge in [0.15, 0.2) is 0 Å². The Bertz CT molecular complexity index is 440. The van der Waals surface area contributed by atoms with Gasteiger partial charge in [0.1, 0.15) is 0 Å². The molecule has 0 fully saturated rings. The van der Waals surface area contributed by atoms with Crippen molar-refractivity contribution in [1.29, 1.82) is 0 Å². The molecule has 0 radical (unpaired) electrons. The number of hydrogen-bond acceptors (Lipinski definition) is 2. The van der Waals surface area contributed by atoms with Crippen molar-refractivity contribution >= 4 is 5.97 Å². The van der Waals surface area contributed by atoms with Crippen LogP contribution in [-0.4, -0.2) is 20.4 Å². The Kier molecular flexibility index (Phi) is 2.75. The molecule has 0 aromatic carbocycles. The van der Waals surface area contributed by atoms with E-state index in [0.29, 0.717) is 0 Å². The number of carbonyl (C=O) groups is 1. The lowest BCUT2D eigenvalue weighted by atomic mass is 9.85. The molecule has 0 atom stereocenters. The standard InChI is InChI=1S/C10H16N2O3/c1-10(2,6-9(14)15)7-5-8(13)12(4)11(7)3/h5H,6H2,1-4H3,(H,14,15). The first-order valence-electron chi connectivity index (χ1n) is 4.71. The van der Waals surface area contributed by atoms with Gasteiger partial charge in [-0.1, -0.05) is 13.8 Å². The van der Waals surface area contributed by atoms with Crippen molar-refractivity contribution in [2.24, 2.45) is 14.1 Å². The molecule has 0 aliphatic carbocycles. The van der Waals surface area contributed by atoms with E-state index in [9.17, 15) is 9.59 Å². The molecule has 0 unspecified atom stereocenters. The maximum atomic E-state index is 11.4. The van der Waals surface area contributed by atoms with Gasteiger partial charge in [-0.25, -0.2) is 0 Å². The summed E-state index contributed by atoms with van der Waals surface area (Å²) in [5.41, 5.74) is 0.0736. The predicted octanol–water partition coefficient (Wildman–Crippen LogP) is 0.476. The average molecular weight is 212 g/mol. The SMILES string of the molecule is Cn1c(C(C)(C)CC(=O)O)cc(=O)n1C. The fourth-order valence-corrected chi connectivity index (χ4v) is 1.72. The van der Waals surface area contributed by atoms with Crippen LogP contribution in [0.4, 0.5) is 0 Å². The fraction of sp³-hybridized carbons (Fsp3) is 0.600. The van der Waals surface area contributed by atoms with Crippen molar-refractivity contribution < 1.29 is 9.90 Å². The minimum Gasteiger partial charge on any atom is -0.481 e. The lowest BCUT2D eigenvalue weighted by Gasteiger charge is -2.23. The number of aromatic nitrogens is 2. The summed E-state index contributed by atoms with van der Waals surface area (Å²) in [6, 6.07) is 1.49. The van der Waals surface area contributed by atoms with Crippen LogP contribution in [0.2, 0.25) is 0 Å². The van der Waals surface area contributed by atoms with E-state index in [2.05, 4.69) is 0 Å². The van der Waals surface area contributed by atoms with Gasteiger partial charge in [-0.05, 0) is 0 Å². The van der Waals surface area contributed by atoms with Crippen LogP contribution >= 0.6 is 0 Å². The van der Waals surface area contributed by atoms with Crippen LogP contribution in [0.1, 0.15) is 26.0 Å². The maximum absolute atomic E-state index is 11.4. The number of carboxylic acids is 1. The molecule has 1 N–H and O–H groups in total. The molecule has 1 rings (SSSR count). The van der Waals surface area contributed by atoms with Gasteiger partial charge in [0.25, 0.3) is 5.56 Å². The van der Waals surface area contributed by atoms with Gasteiger partial charge in [-0.15, -0.1) is 0 Å². The minimum absolute atomic E-state index is 0.00426. The molecule has 1 heterocycles. The number of rotatable bonds is 3. The maximum Gasteiger partial charge on any atom is 0.304 e. The first-order chi connectivity index (χ1) is 6.75. The Balaban J connectivity index is 3.21. The van der Waals surface area contributed by atoms with Gasteiger partial charge in [0.2, 0.25) is 0 Å². The van der Waals surface area contributed by atoms with Crippen molar-refractivity contribution in [2.45, 2.75) is 25.7 Å². The zero-order chi connectivity index (χ0) is 11.8. The van der Waals surface area contributed by atoms with E-state index in [1.54, 1.807) is 18.8 Å². The largest absolute Gasteiger partial charge is 0.481 e. The Hall–Kier alpha value is -1.52. The molecule has 5 nitrogen and oxygen atoms in total. The highest BCUT2D eigenvalue weighted by Crippen LogP contribution is 2.25. The van der Waals surface area contributed by atoms with Gasteiger partial charge >= 0.3 is 5.97 Å². The lowest BCUT2D eigenvalue weighted by Crippen LogP contribution is -2.26. The first kappa shape index (κ1) is 11.6. The summed E-state index contributed by atoms with van der Waals surface area (Å²) in [5.74, 6) is -0.865. The van der Waals surface area contributed by atoms with Crippen molar-refractivity contribution in [3.63, 3.8) is 0 Å². The number of aliphatic carboxylic acids is 1. The van der Waals surface area contributed by atoms with Gasteiger partial charge in [-0.2, -0.15) is 0 Å². The molecule has 0 aliphatic rings. The molecule has 15 heavy (non-hydrogen) atoms. The predicted molar refractivity (Wildman–Crippen MR) is 55.9 cm³/mol. The molecular formula is C10H16N2O3. The summed E-state index contributed by atoms with van der Waals surface area (Å²) in [5, 5.41) is 8.78. The van der Waals surface area contributed by atoms with E-state index in [1.807, 2.05) is 13.8 Å². The van der Waals surface area contributed by atoms with E-state index in [0.717, 1.165) is 5.69 Å². The second-order valence-corrected chi connectivity index (χ2v) is 4.37. The minimum atomic E-state index is -0.865. The van der Waals surface area contributed by atoms with Crippen LogP contribution in [0, 0.1) is 0 Å². The lowest BCUT2D eigenvalue weighted by molar-refractivity contribution is -0.138. The van der Waals surface area contributed by atoms with Crippen molar-refractivity contribution in [3.05, 3.63) is 22.1 Å². The van der Waals surface area contributed by atoms with Crippen molar-refractivity contribution in [2.75, 3.05) is 0 Å². The second kappa shape index (κ2) is 3.56. The smallest absolute Gasteiger partial charge is 0.304 e. The van der Waals surface area contributed by atoms with Gasteiger partial charge < -0.3 is 5.11 Å². The van der Waals surface area contributed by atoms with Crippen molar-refractivity contribution in [3.8, 4) is 0 Å². The van der Waals surface area contributed by atoms with Crippen LogP contribution in [0.25, 0.3) is 0 Å². The number of hydrogen-bond donors (Lipinski definition) is 1. The molecular weight excluding hydrogens is 196 g/mol. The summed E-state index contributed by atoms with van der Waals surface area (Å²) < 4.78 is 3.14. The molecule has 0 amide bonds. The third-order valence-electron chi connectivity index (χ3n) is 2.66. The Labute approximate surface area is 87.9 Å². The topological polar surface area (TPSA) is 64.2 Å². The van der Waals surface area contributed by atoms with Gasteiger partial charge in [0.05, 0.1) is 6.42 Å². The number of carboxylic acid groups (broad SMARTS) is 1. The zero-order valence-corrected chi connectivity index (χ0v) is 9.44. The van der Waals surface area contributed by atoms with Crippen LogP contribution in [-0.2, 0) is 24.3 Å². The van der Waals surface area contributed by atoms with Crippen LogP contribution < -0.4 is 5.56 Å². The molecule has 5 heteroatoms. The molecule has 0 aliphatic heterocycles. The third-order valence-corrected chi connectivity index (χ3v) is 2.66. The Morgan fingerprint density at radius 1 is 1.40 bits per heavy atom. The molecule has 1 aromatic heterocycles. The van der Waals surface area contributed by atoms with E-state index in [4.69, 9.17) is 5.11 Å². The number of nitrogens with zero attached hydrogens (tertiary/aromatic N) is 2. The molecule has 0 spiro atoms. The van der Waals surface area contributed by atoms with Gasteiger partial charge in [-0.3, -0.25) is 19.0 Å². The summed E-state index contributed by atoms with van der Waals surface area (Å²) in [4.78, 5) is 22.1. The molecule has 1 aromatic rings. The first-order valence-corrected chi connectivity index (χ1v) is 4.71. The van der Waals surface area contributed by atoms with Gasteiger partial charge in [0, 0.05) is 31.3 Å².